The Balaban J connectivity index is 5.66. The monoisotopic (exact) mass is 533 g/mol. The number of amides is 3. The van der Waals surface area contributed by atoms with Gasteiger partial charge in [-0.3, -0.25) is 24.0 Å². The highest BCUT2D eigenvalue weighted by molar-refractivity contribution is 5.96. The van der Waals surface area contributed by atoms with Gasteiger partial charge in [-0.1, -0.05) is 0 Å². The van der Waals surface area contributed by atoms with Crippen molar-refractivity contribution in [3.05, 3.63) is 0 Å². The summed E-state index contributed by atoms with van der Waals surface area (Å²) in [5.41, 5.74) is 0. The molecule has 0 saturated carbocycles. The Bertz CT molecular complexity index is 798. The summed E-state index contributed by atoms with van der Waals surface area (Å²) < 4.78 is 0. The molecule has 0 aliphatic heterocycles. The minimum atomic E-state index is -1.53. The second-order valence-corrected chi connectivity index (χ2v) is 9.72. The van der Waals surface area contributed by atoms with E-state index in [9.17, 15) is 49.5 Å². The number of hydrogen-bond acceptors (Lipinski definition) is 10. The lowest BCUT2D eigenvalue weighted by Crippen LogP contribution is -2.54. The van der Waals surface area contributed by atoms with E-state index in [0.717, 1.165) is 6.92 Å². The molecular formula is C24H43N3O10. The molecule has 0 fully saturated rings. The van der Waals surface area contributed by atoms with Gasteiger partial charge in [-0.2, -0.15) is 0 Å². The lowest BCUT2D eigenvalue weighted by Gasteiger charge is -2.28. The van der Waals surface area contributed by atoms with Crippen molar-refractivity contribution in [3.63, 3.8) is 0 Å². The summed E-state index contributed by atoms with van der Waals surface area (Å²) in [5, 5.41) is 56.8. The number of carbonyl (C=O) groups excluding carboxylic acids is 5. The van der Waals surface area contributed by atoms with E-state index < -0.39 is 103 Å². The first kappa shape index (κ1) is 34.6. The van der Waals surface area contributed by atoms with Crippen molar-refractivity contribution < 1.29 is 49.5 Å². The van der Waals surface area contributed by atoms with Gasteiger partial charge in [0.2, 0.25) is 17.7 Å². The van der Waals surface area contributed by atoms with Crippen LogP contribution in [-0.2, 0) is 24.0 Å². The Morgan fingerprint density at radius 3 is 1.19 bits per heavy atom. The molecule has 13 heteroatoms. The summed E-state index contributed by atoms with van der Waals surface area (Å²) in [6.45, 7) is 9.16. The van der Waals surface area contributed by atoms with E-state index in [1.54, 1.807) is 0 Å². The van der Waals surface area contributed by atoms with Crippen molar-refractivity contribution in [2.24, 2.45) is 11.8 Å². The highest BCUT2D eigenvalue weighted by atomic mass is 16.3. The second-order valence-electron chi connectivity index (χ2n) is 9.72. The van der Waals surface area contributed by atoms with Gasteiger partial charge in [0.1, 0.15) is 12.1 Å². The topological polar surface area (TPSA) is 223 Å². The van der Waals surface area contributed by atoms with E-state index in [4.69, 9.17) is 0 Å². The largest absolute Gasteiger partial charge is 0.393 e. The number of ketones is 2. The third-order valence-electron chi connectivity index (χ3n) is 6.09. The number of carbonyl (C=O) groups is 5. The van der Waals surface area contributed by atoms with Crippen molar-refractivity contribution >= 4 is 29.3 Å². The second kappa shape index (κ2) is 15.7. The van der Waals surface area contributed by atoms with Crippen LogP contribution in [0.3, 0.4) is 0 Å². The van der Waals surface area contributed by atoms with Gasteiger partial charge in [0.15, 0.2) is 11.6 Å². The maximum Gasteiger partial charge on any atom is 0.226 e. The molecule has 0 aromatic rings. The minimum Gasteiger partial charge on any atom is -0.393 e. The van der Waals surface area contributed by atoms with Gasteiger partial charge in [-0.25, -0.2) is 0 Å². The van der Waals surface area contributed by atoms with Gasteiger partial charge < -0.3 is 41.5 Å². The summed E-state index contributed by atoms with van der Waals surface area (Å²) in [6, 6.07) is -3.52. The predicted molar refractivity (Wildman–Crippen MR) is 132 cm³/mol. The molecule has 0 saturated heterocycles. The third kappa shape index (κ3) is 11.6. The molecule has 37 heavy (non-hydrogen) atoms. The molecule has 214 valence electrons. The Morgan fingerprint density at radius 1 is 0.541 bits per heavy atom. The zero-order valence-corrected chi connectivity index (χ0v) is 22.5. The van der Waals surface area contributed by atoms with Crippen LogP contribution in [0, 0.1) is 11.8 Å². The average Bonchev–Trinajstić information content (AvgIpc) is 2.75. The molecule has 0 aromatic heterocycles. The smallest absolute Gasteiger partial charge is 0.226 e. The molecule has 0 heterocycles. The molecular weight excluding hydrogens is 490 g/mol. The quantitative estimate of drug-likeness (QED) is 0.104. The van der Waals surface area contributed by atoms with Crippen LogP contribution < -0.4 is 16.0 Å². The molecule has 0 rings (SSSR count). The van der Waals surface area contributed by atoms with Crippen LogP contribution in [0.25, 0.3) is 0 Å². The van der Waals surface area contributed by atoms with Crippen molar-refractivity contribution in [1.82, 2.24) is 16.0 Å². The summed E-state index contributed by atoms with van der Waals surface area (Å²) in [5.74, 6) is -6.40. The lowest BCUT2D eigenvalue weighted by molar-refractivity contribution is -0.140. The van der Waals surface area contributed by atoms with Gasteiger partial charge in [0, 0.05) is 19.8 Å². The number of aliphatic hydroxyl groups excluding tert-OH is 5. The van der Waals surface area contributed by atoms with Crippen LogP contribution >= 0.6 is 0 Å². The fraction of sp³-hybridized carbons (Fsp3) is 0.792. The zero-order chi connectivity index (χ0) is 29.2. The predicted octanol–water partition coefficient (Wildman–Crippen LogP) is -2.46. The molecule has 0 spiro atoms. The van der Waals surface area contributed by atoms with Gasteiger partial charge in [0.25, 0.3) is 0 Å². The van der Waals surface area contributed by atoms with E-state index in [1.807, 2.05) is 0 Å². The molecule has 0 aliphatic rings. The normalized spacial score (nSPS) is 19.6. The van der Waals surface area contributed by atoms with Gasteiger partial charge >= 0.3 is 0 Å². The first-order valence-electron chi connectivity index (χ1n) is 12.2. The van der Waals surface area contributed by atoms with Crippen LogP contribution in [0.4, 0.5) is 0 Å². The van der Waals surface area contributed by atoms with E-state index >= 15 is 0 Å². The molecule has 10 atom stereocenters. The molecule has 0 aromatic carbocycles. The summed E-state index contributed by atoms with van der Waals surface area (Å²) >= 11 is 0. The van der Waals surface area contributed by atoms with E-state index in [2.05, 4.69) is 16.0 Å². The van der Waals surface area contributed by atoms with Crippen LogP contribution in [0.15, 0.2) is 0 Å². The van der Waals surface area contributed by atoms with Crippen molar-refractivity contribution in [3.8, 4) is 0 Å². The molecule has 0 bridgehead atoms. The van der Waals surface area contributed by atoms with Gasteiger partial charge in [-0.05, 0) is 41.5 Å². The van der Waals surface area contributed by atoms with Gasteiger partial charge in [-0.15, -0.1) is 0 Å². The fourth-order valence-corrected chi connectivity index (χ4v) is 3.52. The third-order valence-corrected chi connectivity index (χ3v) is 6.09. The fourth-order valence-electron chi connectivity index (χ4n) is 3.52. The molecule has 8 N–H and O–H groups in total. The summed E-state index contributed by atoms with van der Waals surface area (Å²) in [7, 11) is 0. The van der Waals surface area contributed by atoms with E-state index in [0.29, 0.717) is 0 Å². The minimum absolute atomic E-state index is 0.559. The Morgan fingerprint density at radius 2 is 0.892 bits per heavy atom. The molecule has 13 nitrogen and oxygen atoms in total. The number of nitrogens with one attached hydrogen (secondary N) is 3. The van der Waals surface area contributed by atoms with Crippen molar-refractivity contribution in [1.29, 1.82) is 0 Å². The SMILES string of the molecule is CC(=O)NC(C(=O)CC(C(=O)NC(C(=O)CC(C(=O)NC(C)C(C)O)C(C)O)C(C)O)C(C)O)C(C)O. The molecule has 0 radical (unpaired) electrons. The maximum absolute atomic E-state index is 13.0. The highest BCUT2D eigenvalue weighted by Crippen LogP contribution is 2.17. The summed E-state index contributed by atoms with van der Waals surface area (Å²) in [6.07, 6.45) is -7.39. The van der Waals surface area contributed by atoms with Crippen LogP contribution in [0.1, 0.15) is 61.3 Å². The van der Waals surface area contributed by atoms with E-state index in [1.165, 1.54) is 41.5 Å². The lowest BCUT2D eigenvalue weighted by atomic mass is 9.89. The first-order chi connectivity index (χ1) is 16.9. The van der Waals surface area contributed by atoms with Crippen molar-refractivity contribution in [2.75, 3.05) is 0 Å². The highest BCUT2D eigenvalue weighted by Gasteiger charge is 2.37. The van der Waals surface area contributed by atoms with Crippen LogP contribution in [0.5, 0.6) is 0 Å². The molecule has 0 aliphatic carbocycles. The maximum atomic E-state index is 13.0. The number of hydrogen-bond donors (Lipinski definition) is 8. The molecule has 3 amide bonds. The summed E-state index contributed by atoms with van der Waals surface area (Å²) in [4.78, 5) is 62.5. The number of aliphatic hydroxyl groups is 5. The van der Waals surface area contributed by atoms with Crippen LogP contribution in [-0.4, -0.2) is 103 Å². The number of Topliss-reactive ketones (excluding diaryl/α,β-unsaturated/α-hetero) is 2. The molecule has 10 unspecified atom stereocenters. The first-order valence-corrected chi connectivity index (χ1v) is 12.2. The van der Waals surface area contributed by atoms with Crippen molar-refractivity contribution in [2.45, 2.75) is 110 Å². The van der Waals surface area contributed by atoms with Crippen LogP contribution in [0.2, 0.25) is 0 Å². The Hall–Kier alpha value is -2.45. The average molecular weight is 534 g/mol. The Labute approximate surface area is 217 Å². The number of rotatable bonds is 16. The Kier molecular flexibility index (Phi) is 14.7. The zero-order valence-electron chi connectivity index (χ0n) is 22.5. The van der Waals surface area contributed by atoms with Gasteiger partial charge in [0.05, 0.1) is 48.4 Å². The standard InChI is InChI=1S/C24H43N3O10/c1-10(11(2)28)25-23(36)17(12(3)29)8-20(35)22(15(6)32)27-24(37)18(13(4)30)9-19(34)21(14(5)31)26-16(7)33/h10-15,17-18,21-22,28-32H,8-9H2,1-7H3,(H,25,36)(H,26,33)(H,27,37). The van der Waals surface area contributed by atoms with E-state index in [-0.39, 0.29) is 0 Å².